The number of benzene rings is 1. The van der Waals surface area contributed by atoms with E-state index in [4.69, 9.17) is 23.2 Å². The summed E-state index contributed by atoms with van der Waals surface area (Å²) in [5.41, 5.74) is 0.276. The van der Waals surface area contributed by atoms with Crippen LogP contribution in [0.1, 0.15) is 12.5 Å². The van der Waals surface area contributed by atoms with E-state index in [9.17, 15) is 17.2 Å². The zero-order valence-corrected chi connectivity index (χ0v) is 16.0. The topological polar surface area (TPSA) is 79.8 Å². The van der Waals surface area contributed by atoms with Crippen molar-refractivity contribution >= 4 is 39.0 Å². The zero-order chi connectivity index (χ0) is 19.0. The summed E-state index contributed by atoms with van der Waals surface area (Å²) < 4.78 is 51.8. The van der Waals surface area contributed by atoms with Gasteiger partial charge in [0, 0.05) is 29.9 Å². The highest BCUT2D eigenvalue weighted by atomic mass is 35.5. The van der Waals surface area contributed by atoms with Crippen LogP contribution in [0.2, 0.25) is 10.0 Å². The Kier molecular flexibility index (Phi) is 8.67. The van der Waals surface area contributed by atoms with Gasteiger partial charge in [-0.25, -0.2) is 13.4 Å². The third kappa shape index (κ3) is 8.55. The number of nitrogens with one attached hydrogen (secondary N) is 2. The predicted octanol–water partition coefficient (Wildman–Crippen LogP) is 2.69. The van der Waals surface area contributed by atoms with Gasteiger partial charge in [-0.15, -0.1) is 0 Å². The van der Waals surface area contributed by atoms with Crippen molar-refractivity contribution in [1.29, 1.82) is 0 Å². The van der Waals surface area contributed by atoms with Crippen LogP contribution in [0.4, 0.5) is 8.78 Å². The average molecular weight is 418 g/mol. The molecule has 0 heterocycles. The van der Waals surface area contributed by atoms with E-state index in [0.717, 1.165) is 6.26 Å². The summed E-state index contributed by atoms with van der Waals surface area (Å²) in [5.74, 6) is 0.0576. The fourth-order valence-corrected chi connectivity index (χ4v) is 2.87. The molecule has 2 N–H and O–H groups in total. The third-order valence-electron chi connectivity index (χ3n) is 2.81. The second-order valence-corrected chi connectivity index (χ2v) is 8.11. The maximum absolute atomic E-state index is 12.5. The maximum Gasteiger partial charge on any atom is 0.387 e. The van der Waals surface area contributed by atoms with Crippen LogP contribution in [-0.4, -0.2) is 46.1 Å². The molecule has 11 heteroatoms. The van der Waals surface area contributed by atoms with E-state index in [0.29, 0.717) is 12.5 Å². The molecule has 0 amide bonds. The van der Waals surface area contributed by atoms with Crippen LogP contribution in [0.5, 0.6) is 5.75 Å². The fourth-order valence-electron chi connectivity index (χ4n) is 1.81. The van der Waals surface area contributed by atoms with Gasteiger partial charge in [0.15, 0.2) is 5.96 Å². The van der Waals surface area contributed by atoms with Crippen molar-refractivity contribution in [2.45, 2.75) is 20.1 Å². The van der Waals surface area contributed by atoms with Crippen molar-refractivity contribution in [2.75, 3.05) is 25.1 Å². The minimum atomic E-state index is -3.12. The molecule has 6 nitrogen and oxygen atoms in total. The Balaban J connectivity index is 2.94. The fraction of sp³-hybridized carbons (Fsp3) is 0.500. The van der Waals surface area contributed by atoms with Gasteiger partial charge in [0.05, 0.1) is 17.3 Å². The van der Waals surface area contributed by atoms with Crippen molar-refractivity contribution in [3.8, 4) is 5.75 Å². The molecule has 0 aliphatic rings. The lowest BCUT2D eigenvalue weighted by atomic mass is 10.2. The normalized spacial score (nSPS) is 12.4. The van der Waals surface area contributed by atoms with Crippen molar-refractivity contribution in [3.05, 3.63) is 27.7 Å². The molecule has 0 bridgehead atoms. The summed E-state index contributed by atoms with van der Waals surface area (Å²) in [7, 11) is -3.12. The third-order valence-corrected chi connectivity index (χ3v) is 4.25. The number of halogens is 4. The van der Waals surface area contributed by atoms with Gasteiger partial charge in [-0.2, -0.15) is 8.78 Å². The van der Waals surface area contributed by atoms with E-state index in [2.05, 4.69) is 20.4 Å². The van der Waals surface area contributed by atoms with Gasteiger partial charge in [-0.05, 0) is 19.1 Å². The van der Waals surface area contributed by atoms with E-state index < -0.39 is 16.4 Å². The quantitative estimate of drug-likeness (QED) is 0.502. The molecule has 0 unspecified atom stereocenters. The maximum atomic E-state index is 12.5. The number of hydrogen-bond acceptors (Lipinski definition) is 4. The van der Waals surface area contributed by atoms with Gasteiger partial charge in [0.25, 0.3) is 0 Å². The number of ether oxygens (including phenoxy) is 1. The number of guanidine groups is 1. The van der Waals surface area contributed by atoms with Crippen molar-refractivity contribution in [1.82, 2.24) is 10.6 Å². The Hall–Kier alpha value is -1.32. The monoisotopic (exact) mass is 417 g/mol. The Morgan fingerprint density at radius 2 is 2.00 bits per heavy atom. The van der Waals surface area contributed by atoms with Gasteiger partial charge in [0.2, 0.25) is 0 Å². The standard InChI is InChI=1S/C14H19Cl2F2N3O3S/c1-3-19-14(20-4-5-25(2,22)23)21-8-9-6-10(15)7-11(16)12(9)24-13(17)18/h6-7,13H,3-5,8H2,1-2H3,(H2,19,20,21). The first kappa shape index (κ1) is 21.7. The summed E-state index contributed by atoms with van der Waals surface area (Å²) in [4.78, 5) is 4.21. The molecule has 0 saturated carbocycles. The van der Waals surface area contributed by atoms with Gasteiger partial charge in [-0.1, -0.05) is 23.2 Å². The van der Waals surface area contributed by atoms with Gasteiger partial charge in [0.1, 0.15) is 15.6 Å². The van der Waals surface area contributed by atoms with Gasteiger partial charge >= 0.3 is 6.61 Å². The number of aliphatic imine (C=N–C) groups is 1. The lowest BCUT2D eigenvalue weighted by molar-refractivity contribution is -0.0503. The number of hydrogen-bond donors (Lipinski definition) is 2. The summed E-state index contributed by atoms with van der Waals surface area (Å²) in [6.45, 7) is -0.572. The predicted molar refractivity (Wildman–Crippen MR) is 95.6 cm³/mol. The smallest absolute Gasteiger partial charge is 0.387 e. The van der Waals surface area contributed by atoms with E-state index in [1.54, 1.807) is 0 Å². The molecule has 1 aromatic rings. The molecule has 0 aromatic heterocycles. The van der Waals surface area contributed by atoms with Crippen LogP contribution in [0, 0.1) is 0 Å². The van der Waals surface area contributed by atoms with Crippen LogP contribution in [0.25, 0.3) is 0 Å². The molecule has 0 aliphatic heterocycles. The average Bonchev–Trinajstić information content (AvgIpc) is 2.46. The Bertz CT molecular complexity index is 716. The molecule has 1 aromatic carbocycles. The van der Waals surface area contributed by atoms with E-state index >= 15 is 0 Å². The molecule has 25 heavy (non-hydrogen) atoms. The molecule has 1 rings (SSSR count). The number of alkyl halides is 2. The van der Waals surface area contributed by atoms with Crippen molar-refractivity contribution in [2.24, 2.45) is 4.99 Å². The molecule has 0 atom stereocenters. The molecule has 0 saturated heterocycles. The summed E-state index contributed by atoms with van der Waals surface area (Å²) >= 11 is 11.8. The van der Waals surface area contributed by atoms with Gasteiger partial charge < -0.3 is 15.4 Å². The Morgan fingerprint density at radius 3 is 2.56 bits per heavy atom. The van der Waals surface area contributed by atoms with E-state index in [-0.39, 0.29) is 40.2 Å². The molecular formula is C14H19Cl2F2N3O3S. The molecule has 0 spiro atoms. The Labute approximate surface area is 155 Å². The minimum Gasteiger partial charge on any atom is -0.433 e. The second-order valence-electron chi connectivity index (χ2n) is 5.01. The number of nitrogens with zero attached hydrogens (tertiary/aromatic N) is 1. The highest BCUT2D eigenvalue weighted by Crippen LogP contribution is 2.34. The largest absolute Gasteiger partial charge is 0.433 e. The molecule has 142 valence electrons. The lowest BCUT2D eigenvalue weighted by Gasteiger charge is -2.14. The minimum absolute atomic E-state index is 0.0451. The molecular weight excluding hydrogens is 399 g/mol. The van der Waals surface area contributed by atoms with Crippen LogP contribution in [0.3, 0.4) is 0 Å². The van der Waals surface area contributed by atoms with Crippen molar-refractivity contribution < 1.29 is 21.9 Å². The summed E-state index contributed by atoms with van der Waals surface area (Å²) in [6, 6.07) is 2.72. The summed E-state index contributed by atoms with van der Waals surface area (Å²) in [5, 5.41) is 5.97. The number of rotatable bonds is 8. The first-order valence-corrected chi connectivity index (χ1v) is 10.1. The first-order chi connectivity index (χ1) is 11.6. The van der Waals surface area contributed by atoms with Crippen LogP contribution in [0.15, 0.2) is 17.1 Å². The van der Waals surface area contributed by atoms with Crippen LogP contribution < -0.4 is 15.4 Å². The molecule has 0 fully saturated rings. The second kappa shape index (κ2) is 9.98. The zero-order valence-electron chi connectivity index (χ0n) is 13.7. The SMILES string of the molecule is CCNC(=NCc1cc(Cl)cc(Cl)c1OC(F)F)NCCS(C)(=O)=O. The highest BCUT2D eigenvalue weighted by Gasteiger charge is 2.15. The van der Waals surface area contributed by atoms with E-state index in [1.165, 1.54) is 12.1 Å². The molecule has 0 aliphatic carbocycles. The highest BCUT2D eigenvalue weighted by molar-refractivity contribution is 7.90. The lowest BCUT2D eigenvalue weighted by Crippen LogP contribution is -2.39. The first-order valence-electron chi connectivity index (χ1n) is 7.25. The molecule has 0 radical (unpaired) electrons. The van der Waals surface area contributed by atoms with E-state index in [1.807, 2.05) is 6.92 Å². The van der Waals surface area contributed by atoms with Crippen LogP contribution >= 0.6 is 23.2 Å². The van der Waals surface area contributed by atoms with Crippen LogP contribution in [-0.2, 0) is 16.4 Å². The van der Waals surface area contributed by atoms with Gasteiger partial charge in [-0.3, -0.25) is 0 Å². The Morgan fingerprint density at radius 1 is 1.32 bits per heavy atom. The van der Waals surface area contributed by atoms with Crippen molar-refractivity contribution in [3.63, 3.8) is 0 Å². The summed E-state index contributed by atoms with van der Waals surface area (Å²) in [6.07, 6.45) is 1.13. The number of sulfone groups is 1.